The molecule has 0 fully saturated rings. The smallest absolute Gasteiger partial charge is 0.363 e. The molecule has 0 bridgehead atoms. The summed E-state index contributed by atoms with van der Waals surface area (Å²) in [5, 5.41) is 0.926. The first-order chi connectivity index (χ1) is 15.9. The molecule has 3 aromatic rings. The van der Waals surface area contributed by atoms with Gasteiger partial charge in [0.15, 0.2) is 17.2 Å². The molecule has 4 rings (SSSR count). The van der Waals surface area contributed by atoms with Crippen molar-refractivity contribution < 1.29 is 23.8 Å². The minimum absolute atomic E-state index is 0.0878. The average Bonchev–Trinajstić information content (AvgIpc) is 3.15. The van der Waals surface area contributed by atoms with Crippen LogP contribution in [0.3, 0.4) is 0 Å². The predicted molar refractivity (Wildman–Crippen MR) is 129 cm³/mol. The van der Waals surface area contributed by atoms with Crippen molar-refractivity contribution in [2.45, 2.75) is 0 Å². The Labute approximate surface area is 207 Å². The molecule has 0 unspecified atom stereocenters. The zero-order chi connectivity index (χ0) is 23.5. The molecule has 1 aliphatic heterocycles. The fourth-order valence-corrected chi connectivity index (χ4v) is 3.86. The van der Waals surface area contributed by atoms with Crippen molar-refractivity contribution in [2.24, 2.45) is 4.99 Å². The molecule has 0 saturated carbocycles. The van der Waals surface area contributed by atoms with E-state index in [1.165, 1.54) is 13.2 Å². The predicted octanol–water partition coefficient (Wildman–Crippen LogP) is 6.33. The van der Waals surface area contributed by atoms with E-state index in [1.807, 2.05) is 0 Å². The maximum absolute atomic E-state index is 12.5. The lowest BCUT2D eigenvalue weighted by Crippen LogP contribution is -2.09. The quantitative estimate of drug-likeness (QED) is 0.212. The van der Waals surface area contributed by atoms with E-state index < -0.39 is 11.9 Å². The van der Waals surface area contributed by atoms with Crippen molar-refractivity contribution in [3.05, 3.63) is 97.6 Å². The fraction of sp³-hybridized carbons (Fsp3) is 0.0417. The second-order valence-electron chi connectivity index (χ2n) is 6.75. The maximum atomic E-state index is 12.5. The van der Waals surface area contributed by atoms with Gasteiger partial charge in [-0.2, -0.15) is 0 Å². The number of hydrogen-bond donors (Lipinski definition) is 0. The SMILES string of the molecule is COc1cc(/C=C2\N=C(c3ccccc3Cl)OC2=O)cc(Br)c1OC(=O)c1ccc(Cl)cc1. The molecule has 1 aliphatic rings. The summed E-state index contributed by atoms with van der Waals surface area (Å²) in [5.41, 5.74) is 1.50. The summed E-state index contributed by atoms with van der Waals surface area (Å²) in [6, 6.07) is 16.5. The molecule has 33 heavy (non-hydrogen) atoms. The number of halogens is 3. The van der Waals surface area contributed by atoms with E-state index in [0.717, 1.165) is 0 Å². The summed E-state index contributed by atoms with van der Waals surface area (Å²) in [5.74, 6) is -0.603. The van der Waals surface area contributed by atoms with Crippen LogP contribution in [0, 0.1) is 0 Å². The Balaban J connectivity index is 1.63. The van der Waals surface area contributed by atoms with E-state index in [1.54, 1.807) is 60.7 Å². The summed E-state index contributed by atoms with van der Waals surface area (Å²) in [4.78, 5) is 29.1. The highest BCUT2D eigenvalue weighted by Crippen LogP contribution is 2.38. The van der Waals surface area contributed by atoms with Crippen LogP contribution in [0.2, 0.25) is 10.0 Å². The van der Waals surface area contributed by atoms with E-state index in [2.05, 4.69) is 20.9 Å². The van der Waals surface area contributed by atoms with Crippen molar-refractivity contribution in [3.63, 3.8) is 0 Å². The van der Waals surface area contributed by atoms with Gasteiger partial charge < -0.3 is 14.2 Å². The highest BCUT2D eigenvalue weighted by molar-refractivity contribution is 9.10. The van der Waals surface area contributed by atoms with Gasteiger partial charge in [-0.15, -0.1) is 0 Å². The second kappa shape index (κ2) is 9.79. The molecule has 0 aromatic heterocycles. The third-order valence-electron chi connectivity index (χ3n) is 4.55. The van der Waals surface area contributed by atoms with Crippen molar-refractivity contribution in [2.75, 3.05) is 7.11 Å². The molecule has 0 atom stereocenters. The van der Waals surface area contributed by atoms with E-state index in [-0.39, 0.29) is 23.1 Å². The van der Waals surface area contributed by atoms with Gasteiger partial charge in [0.2, 0.25) is 5.90 Å². The Morgan fingerprint density at radius 1 is 1.09 bits per heavy atom. The first-order valence-electron chi connectivity index (χ1n) is 9.48. The van der Waals surface area contributed by atoms with E-state index in [0.29, 0.717) is 31.2 Å². The van der Waals surface area contributed by atoms with Gasteiger partial charge in [-0.3, -0.25) is 0 Å². The van der Waals surface area contributed by atoms with Gasteiger partial charge in [0.05, 0.1) is 27.7 Å². The zero-order valence-corrected chi connectivity index (χ0v) is 20.1. The van der Waals surface area contributed by atoms with Crippen LogP contribution >= 0.6 is 39.1 Å². The van der Waals surface area contributed by atoms with Crippen molar-refractivity contribution in [3.8, 4) is 11.5 Å². The number of ether oxygens (including phenoxy) is 3. The lowest BCUT2D eigenvalue weighted by Gasteiger charge is -2.12. The van der Waals surface area contributed by atoms with Gasteiger partial charge in [0, 0.05) is 5.02 Å². The summed E-state index contributed by atoms with van der Waals surface area (Å²) < 4.78 is 16.6. The van der Waals surface area contributed by atoms with Crippen LogP contribution < -0.4 is 9.47 Å². The number of carbonyl (C=O) groups excluding carboxylic acids is 2. The van der Waals surface area contributed by atoms with Crippen molar-refractivity contribution in [1.82, 2.24) is 0 Å². The van der Waals surface area contributed by atoms with E-state index >= 15 is 0 Å². The Morgan fingerprint density at radius 3 is 2.52 bits per heavy atom. The minimum Gasteiger partial charge on any atom is -0.493 e. The number of esters is 2. The Kier molecular flexibility index (Phi) is 6.83. The molecule has 3 aromatic carbocycles. The largest absolute Gasteiger partial charge is 0.493 e. The van der Waals surface area contributed by atoms with Gasteiger partial charge in [-0.25, -0.2) is 14.6 Å². The monoisotopic (exact) mass is 545 g/mol. The third kappa shape index (κ3) is 5.11. The topological polar surface area (TPSA) is 74.2 Å². The highest BCUT2D eigenvalue weighted by atomic mass is 79.9. The molecule has 6 nitrogen and oxygen atoms in total. The number of rotatable bonds is 5. The molecule has 0 amide bonds. The van der Waals surface area contributed by atoms with Crippen LogP contribution in [0.1, 0.15) is 21.5 Å². The number of hydrogen-bond acceptors (Lipinski definition) is 6. The van der Waals surface area contributed by atoms with Gasteiger partial charge in [0.25, 0.3) is 0 Å². The molecule has 1 heterocycles. The number of benzene rings is 3. The molecule has 166 valence electrons. The number of carbonyl (C=O) groups is 2. The Hall–Kier alpha value is -3.13. The first kappa shape index (κ1) is 23.0. The lowest BCUT2D eigenvalue weighted by molar-refractivity contribution is -0.129. The van der Waals surface area contributed by atoms with Crippen LogP contribution in [0.25, 0.3) is 6.08 Å². The van der Waals surface area contributed by atoms with E-state index in [9.17, 15) is 9.59 Å². The maximum Gasteiger partial charge on any atom is 0.363 e. The molecule has 0 N–H and O–H groups in total. The van der Waals surface area contributed by atoms with Crippen LogP contribution in [-0.2, 0) is 9.53 Å². The van der Waals surface area contributed by atoms with Gasteiger partial charge in [-0.05, 0) is 76.1 Å². The molecular weight excluding hydrogens is 533 g/mol. The zero-order valence-electron chi connectivity index (χ0n) is 17.0. The Bertz CT molecular complexity index is 1320. The molecule has 0 spiro atoms. The molecule has 0 saturated heterocycles. The highest BCUT2D eigenvalue weighted by Gasteiger charge is 2.26. The van der Waals surface area contributed by atoms with Crippen LogP contribution in [0.5, 0.6) is 11.5 Å². The lowest BCUT2D eigenvalue weighted by atomic mass is 10.1. The average molecular weight is 547 g/mol. The summed E-state index contributed by atoms with van der Waals surface area (Å²) in [6.45, 7) is 0. The van der Waals surface area contributed by atoms with Gasteiger partial charge in [-0.1, -0.05) is 35.3 Å². The standard InChI is InChI=1S/C24H14BrCl2NO5/c1-31-20-12-13(10-17(25)21(20)32-23(29)14-6-8-15(26)9-7-14)11-19-24(30)33-22(28-19)16-4-2-3-5-18(16)27/h2-12H,1H3/b19-11-. The van der Waals surface area contributed by atoms with Crippen LogP contribution in [0.4, 0.5) is 0 Å². The first-order valence-corrected chi connectivity index (χ1v) is 11.0. The normalized spacial score (nSPS) is 14.1. The van der Waals surface area contributed by atoms with Crippen molar-refractivity contribution >= 4 is 63.0 Å². The molecule has 9 heteroatoms. The summed E-state index contributed by atoms with van der Waals surface area (Å²) >= 11 is 15.4. The van der Waals surface area contributed by atoms with Gasteiger partial charge >= 0.3 is 11.9 Å². The van der Waals surface area contributed by atoms with Gasteiger partial charge in [0.1, 0.15) is 0 Å². The number of cyclic esters (lactones) is 1. The van der Waals surface area contributed by atoms with Crippen LogP contribution in [0.15, 0.2) is 75.8 Å². The number of aliphatic imine (C=N–C) groups is 1. The van der Waals surface area contributed by atoms with E-state index in [4.69, 9.17) is 37.4 Å². The van der Waals surface area contributed by atoms with Crippen molar-refractivity contribution in [1.29, 1.82) is 0 Å². The number of methoxy groups -OCH3 is 1. The minimum atomic E-state index is -0.613. The molecule has 0 aliphatic carbocycles. The summed E-state index contributed by atoms with van der Waals surface area (Å²) in [7, 11) is 1.44. The fourth-order valence-electron chi connectivity index (χ4n) is 2.98. The molecular formula is C24H14BrCl2NO5. The second-order valence-corrected chi connectivity index (χ2v) is 8.44. The Morgan fingerprint density at radius 2 is 1.82 bits per heavy atom. The third-order valence-corrected chi connectivity index (χ3v) is 5.73. The van der Waals surface area contributed by atoms with Crippen LogP contribution in [-0.4, -0.2) is 24.9 Å². The number of nitrogens with zero attached hydrogens (tertiary/aromatic N) is 1. The molecule has 0 radical (unpaired) electrons. The summed E-state index contributed by atoms with van der Waals surface area (Å²) in [6.07, 6.45) is 1.53.